The minimum Gasteiger partial charge on any atom is -0.465 e. The SMILES string of the molecule is COCCN(CCOC)S(=O)(=O)c1ccc(C(=O)NC2=C(C(=O)OC)SCC2)cc1. The molecule has 9 nitrogen and oxygen atoms in total. The van der Waals surface area contributed by atoms with Crippen molar-refractivity contribution in [1.29, 1.82) is 0 Å². The van der Waals surface area contributed by atoms with E-state index >= 15 is 0 Å². The van der Waals surface area contributed by atoms with Crippen molar-refractivity contribution < 1.29 is 32.2 Å². The third-order valence-corrected chi connectivity index (χ3v) is 7.37. The Labute approximate surface area is 180 Å². The number of ether oxygens (including phenoxy) is 3. The lowest BCUT2D eigenvalue weighted by Crippen LogP contribution is -2.36. The van der Waals surface area contributed by atoms with Gasteiger partial charge in [-0.1, -0.05) is 0 Å². The van der Waals surface area contributed by atoms with Crippen LogP contribution in [0.2, 0.25) is 0 Å². The topological polar surface area (TPSA) is 111 Å². The number of esters is 1. The largest absolute Gasteiger partial charge is 0.465 e. The van der Waals surface area contributed by atoms with Gasteiger partial charge in [-0.25, -0.2) is 13.2 Å². The molecule has 11 heteroatoms. The van der Waals surface area contributed by atoms with Crippen LogP contribution in [0.15, 0.2) is 39.8 Å². The monoisotopic (exact) mass is 458 g/mol. The molecule has 0 saturated carbocycles. The summed E-state index contributed by atoms with van der Waals surface area (Å²) in [4.78, 5) is 24.8. The zero-order chi connectivity index (χ0) is 22.1. The Balaban J connectivity index is 2.16. The Kier molecular flexibility index (Phi) is 9.31. The molecule has 30 heavy (non-hydrogen) atoms. The van der Waals surface area contributed by atoms with Crippen molar-refractivity contribution in [2.75, 3.05) is 53.4 Å². The number of carbonyl (C=O) groups excluding carboxylic acids is 2. The maximum Gasteiger partial charge on any atom is 0.346 e. The van der Waals surface area contributed by atoms with E-state index in [9.17, 15) is 18.0 Å². The molecule has 2 rings (SSSR count). The maximum absolute atomic E-state index is 12.9. The molecule has 1 aromatic rings. The highest BCUT2D eigenvalue weighted by atomic mass is 32.2. The van der Waals surface area contributed by atoms with Gasteiger partial charge < -0.3 is 19.5 Å². The molecule has 166 valence electrons. The van der Waals surface area contributed by atoms with Crippen molar-refractivity contribution in [3.63, 3.8) is 0 Å². The van der Waals surface area contributed by atoms with Crippen LogP contribution in [0.1, 0.15) is 16.8 Å². The van der Waals surface area contributed by atoms with Crippen molar-refractivity contribution in [2.45, 2.75) is 11.3 Å². The molecule has 1 aromatic carbocycles. The summed E-state index contributed by atoms with van der Waals surface area (Å²) in [6.07, 6.45) is 0.543. The molecule has 0 spiro atoms. The molecular formula is C19H26N2O7S2. The summed E-state index contributed by atoms with van der Waals surface area (Å²) < 4.78 is 41.8. The molecule has 0 aromatic heterocycles. The molecule has 1 N–H and O–H groups in total. The van der Waals surface area contributed by atoms with Crippen LogP contribution in [0.25, 0.3) is 0 Å². The molecule has 1 heterocycles. The lowest BCUT2D eigenvalue weighted by Gasteiger charge is -2.21. The molecule has 1 aliphatic heterocycles. The second-order valence-corrected chi connectivity index (χ2v) is 9.31. The predicted molar refractivity (Wildman–Crippen MR) is 113 cm³/mol. The van der Waals surface area contributed by atoms with Crippen molar-refractivity contribution in [2.24, 2.45) is 0 Å². The van der Waals surface area contributed by atoms with Crippen LogP contribution in [0.5, 0.6) is 0 Å². The number of nitrogens with zero attached hydrogens (tertiary/aromatic N) is 1. The average Bonchev–Trinajstić information content (AvgIpc) is 3.21. The predicted octanol–water partition coefficient (Wildman–Crippen LogP) is 1.22. The first kappa shape index (κ1) is 24.4. The fourth-order valence-electron chi connectivity index (χ4n) is 2.72. The number of benzene rings is 1. The van der Waals surface area contributed by atoms with Gasteiger partial charge in [0.15, 0.2) is 0 Å². The van der Waals surface area contributed by atoms with Gasteiger partial charge in [0.1, 0.15) is 4.91 Å². The van der Waals surface area contributed by atoms with E-state index < -0.39 is 21.9 Å². The van der Waals surface area contributed by atoms with Gasteiger partial charge in [0, 0.05) is 44.3 Å². The van der Waals surface area contributed by atoms with Crippen molar-refractivity contribution in [3.8, 4) is 0 Å². The third-order valence-electron chi connectivity index (χ3n) is 4.35. The second kappa shape index (κ2) is 11.5. The number of methoxy groups -OCH3 is 3. The fraction of sp³-hybridized carbons (Fsp3) is 0.474. The highest BCUT2D eigenvalue weighted by molar-refractivity contribution is 8.04. The average molecular weight is 459 g/mol. The van der Waals surface area contributed by atoms with Crippen LogP contribution in [0.3, 0.4) is 0 Å². The van der Waals surface area contributed by atoms with Gasteiger partial charge in [-0.15, -0.1) is 11.8 Å². The van der Waals surface area contributed by atoms with E-state index in [0.29, 0.717) is 22.8 Å². The van der Waals surface area contributed by atoms with Crippen LogP contribution in [0.4, 0.5) is 0 Å². The van der Waals surface area contributed by atoms with E-state index in [1.165, 1.54) is 61.7 Å². The summed E-state index contributed by atoms with van der Waals surface area (Å²) in [6.45, 7) is 0.872. The summed E-state index contributed by atoms with van der Waals surface area (Å²) in [6, 6.07) is 5.65. The first-order valence-corrected chi connectivity index (χ1v) is 11.6. The second-order valence-electron chi connectivity index (χ2n) is 6.27. The number of allylic oxidation sites excluding steroid dienone is 1. The molecule has 0 saturated heterocycles. The lowest BCUT2D eigenvalue weighted by atomic mass is 10.2. The third kappa shape index (κ3) is 6.05. The van der Waals surface area contributed by atoms with Gasteiger partial charge in [-0.2, -0.15) is 4.31 Å². The standard InChI is InChI=1S/C19H26N2O7S2/c1-26-11-9-21(10-12-27-2)30(24,25)15-6-4-14(5-7-15)18(22)20-16-8-13-29-17(16)19(23)28-3/h4-7H,8-13H2,1-3H3,(H,20,22). The van der Waals surface area contributed by atoms with Crippen LogP contribution < -0.4 is 5.32 Å². The minimum absolute atomic E-state index is 0.0668. The van der Waals surface area contributed by atoms with E-state index in [4.69, 9.17) is 14.2 Å². The Morgan fingerprint density at radius 3 is 2.20 bits per heavy atom. The van der Waals surface area contributed by atoms with Gasteiger partial charge in [0.2, 0.25) is 10.0 Å². The fourth-order valence-corrected chi connectivity index (χ4v) is 5.17. The highest BCUT2D eigenvalue weighted by Gasteiger charge is 2.26. The number of nitrogens with one attached hydrogen (secondary N) is 1. The molecule has 0 radical (unpaired) electrons. The van der Waals surface area contributed by atoms with Crippen molar-refractivity contribution in [1.82, 2.24) is 9.62 Å². The summed E-state index contributed by atoms with van der Waals surface area (Å²) in [5.41, 5.74) is 0.793. The van der Waals surface area contributed by atoms with Gasteiger partial charge in [-0.05, 0) is 30.7 Å². The number of rotatable bonds is 11. The zero-order valence-corrected chi connectivity index (χ0v) is 18.8. The van der Waals surface area contributed by atoms with E-state index in [0.717, 1.165) is 0 Å². The van der Waals surface area contributed by atoms with Crippen LogP contribution in [-0.4, -0.2) is 78.0 Å². The maximum atomic E-state index is 12.9. The number of thioether (sulfide) groups is 1. The van der Waals surface area contributed by atoms with Gasteiger partial charge >= 0.3 is 5.97 Å². The van der Waals surface area contributed by atoms with Crippen LogP contribution in [-0.2, 0) is 29.0 Å². The Bertz CT molecular complexity index is 875. The van der Waals surface area contributed by atoms with E-state index in [1.807, 2.05) is 0 Å². The molecule has 0 aliphatic carbocycles. The molecule has 0 fully saturated rings. The lowest BCUT2D eigenvalue weighted by molar-refractivity contribution is -0.135. The summed E-state index contributed by atoms with van der Waals surface area (Å²) in [7, 11) is 0.518. The van der Waals surface area contributed by atoms with Crippen LogP contribution in [0, 0.1) is 0 Å². The molecule has 0 atom stereocenters. The molecular weight excluding hydrogens is 432 g/mol. The van der Waals surface area contributed by atoms with E-state index in [1.54, 1.807) is 0 Å². The molecule has 1 aliphatic rings. The normalized spacial score (nSPS) is 14.3. The number of amides is 1. The number of carbonyl (C=O) groups is 2. The van der Waals surface area contributed by atoms with Crippen LogP contribution >= 0.6 is 11.8 Å². The van der Waals surface area contributed by atoms with Crippen molar-refractivity contribution >= 4 is 33.7 Å². The Morgan fingerprint density at radius 1 is 1.07 bits per heavy atom. The first-order valence-electron chi connectivity index (χ1n) is 9.18. The Hall–Kier alpha value is -1.92. The Morgan fingerprint density at radius 2 is 1.67 bits per heavy atom. The van der Waals surface area contributed by atoms with E-state index in [-0.39, 0.29) is 36.8 Å². The minimum atomic E-state index is -3.77. The van der Waals surface area contributed by atoms with E-state index in [2.05, 4.69) is 5.32 Å². The number of sulfonamides is 1. The summed E-state index contributed by atoms with van der Waals surface area (Å²) >= 11 is 1.33. The molecule has 0 unspecified atom stereocenters. The smallest absolute Gasteiger partial charge is 0.346 e. The number of hydrogen-bond acceptors (Lipinski definition) is 8. The first-order chi connectivity index (χ1) is 14.3. The summed E-state index contributed by atoms with van der Waals surface area (Å²) in [5, 5.41) is 2.72. The van der Waals surface area contributed by atoms with Gasteiger partial charge in [0.25, 0.3) is 5.91 Å². The molecule has 1 amide bonds. The van der Waals surface area contributed by atoms with Gasteiger partial charge in [-0.3, -0.25) is 4.79 Å². The van der Waals surface area contributed by atoms with Crippen molar-refractivity contribution in [3.05, 3.63) is 40.4 Å². The summed E-state index contributed by atoms with van der Waals surface area (Å²) in [5.74, 6) is -0.231. The highest BCUT2D eigenvalue weighted by Crippen LogP contribution is 2.30. The van der Waals surface area contributed by atoms with Gasteiger partial charge in [0.05, 0.1) is 25.2 Å². The zero-order valence-electron chi connectivity index (χ0n) is 17.2. The quantitative estimate of drug-likeness (QED) is 0.493. The molecule has 0 bridgehead atoms. The number of hydrogen-bond donors (Lipinski definition) is 1.